The van der Waals surface area contributed by atoms with Gasteiger partial charge in [-0.25, -0.2) is 0 Å². The van der Waals surface area contributed by atoms with E-state index in [1.54, 1.807) is 33.5 Å². The van der Waals surface area contributed by atoms with Crippen molar-refractivity contribution in [2.24, 2.45) is 5.92 Å². The first-order valence-corrected chi connectivity index (χ1v) is 14.8. The molecule has 13 nitrogen and oxygen atoms in total. The first-order valence-electron chi connectivity index (χ1n) is 14.8. The van der Waals surface area contributed by atoms with Gasteiger partial charge in [-0.15, -0.1) is 0 Å². The molecule has 4 aliphatic heterocycles. The van der Waals surface area contributed by atoms with E-state index in [1.165, 1.54) is 14.2 Å². The minimum atomic E-state index is -1.52. The highest BCUT2D eigenvalue weighted by atomic mass is 16.7. The Kier molecular flexibility index (Phi) is 8.01. The van der Waals surface area contributed by atoms with Crippen LogP contribution in [-0.2, 0) is 14.2 Å². The monoisotopic (exact) mass is 640 g/mol. The summed E-state index contributed by atoms with van der Waals surface area (Å²) >= 11 is 0. The Morgan fingerprint density at radius 2 is 1.61 bits per heavy atom. The largest absolute Gasteiger partial charge is 0.497 e. The fraction of sp³-hybridized carbons (Fsp3) is 0.455. The van der Waals surface area contributed by atoms with E-state index in [1.807, 2.05) is 30.3 Å². The van der Waals surface area contributed by atoms with E-state index >= 15 is 0 Å². The molecule has 6 atom stereocenters. The number of hydrogen-bond donors (Lipinski definition) is 1. The maximum absolute atomic E-state index is 12.0. The lowest BCUT2D eigenvalue weighted by molar-refractivity contribution is -0.153. The van der Waals surface area contributed by atoms with Crippen LogP contribution in [-0.4, -0.2) is 85.3 Å². The molecule has 0 unspecified atom stereocenters. The summed E-state index contributed by atoms with van der Waals surface area (Å²) in [5.41, 5.74) is 0.0270. The Hall–Kier alpha value is -4.30. The lowest BCUT2D eigenvalue weighted by Crippen LogP contribution is -2.47. The van der Waals surface area contributed by atoms with Crippen molar-refractivity contribution in [2.45, 2.75) is 30.2 Å². The third kappa shape index (κ3) is 4.94. The first-order chi connectivity index (χ1) is 22.4. The van der Waals surface area contributed by atoms with Crippen LogP contribution in [0.4, 0.5) is 0 Å². The molecule has 2 fully saturated rings. The molecule has 0 aromatic heterocycles. The zero-order valence-corrected chi connectivity index (χ0v) is 26.1. The third-order valence-electron chi connectivity index (χ3n) is 8.75. The third-order valence-corrected chi connectivity index (χ3v) is 8.75. The second-order valence-corrected chi connectivity index (χ2v) is 11.3. The molecule has 2 saturated heterocycles. The molecule has 0 aliphatic carbocycles. The number of aliphatic hydroxyl groups is 1. The van der Waals surface area contributed by atoms with Crippen molar-refractivity contribution in [3.8, 4) is 51.7 Å². The number of rotatable bonds is 10. The van der Waals surface area contributed by atoms with E-state index in [-0.39, 0.29) is 38.1 Å². The predicted molar refractivity (Wildman–Crippen MR) is 159 cm³/mol. The summed E-state index contributed by atoms with van der Waals surface area (Å²) in [5, 5.41) is 12.0. The summed E-state index contributed by atoms with van der Waals surface area (Å²) in [6.07, 6.45) is -2.63. The molecule has 0 radical (unpaired) electrons. The molecule has 4 heterocycles. The van der Waals surface area contributed by atoms with Gasteiger partial charge in [-0.2, -0.15) is 0 Å². The van der Waals surface area contributed by atoms with Gasteiger partial charge < -0.3 is 61.9 Å². The lowest BCUT2D eigenvalue weighted by Gasteiger charge is -2.35. The smallest absolute Gasteiger partial charge is 0.232 e. The zero-order chi connectivity index (χ0) is 32.0. The van der Waals surface area contributed by atoms with E-state index in [0.29, 0.717) is 45.8 Å². The average Bonchev–Trinajstić information content (AvgIpc) is 3.77. The summed E-state index contributed by atoms with van der Waals surface area (Å²) in [6, 6.07) is 12.9. The van der Waals surface area contributed by atoms with Crippen LogP contribution in [0.15, 0.2) is 42.5 Å². The maximum atomic E-state index is 12.0. The van der Waals surface area contributed by atoms with Crippen LogP contribution in [0.5, 0.6) is 51.7 Å². The van der Waals surface area contributed by atoms with Crippen molar-refractivity contribution >= 4 is 0 Å². The Bertz CT molecular complexity index is 1590. The quantitative estimate of drug-likeness (QED) is 0.345. The Morgan fingerprint density at radius 1 is 0.804 bits per heavy atom. The number of benzene rings is 3. The van der Waals surface area contributed by atoms with Gasteiger partial charge in [-0.05, 0) is 23.8 Å². The summed E-state index contributed by atoms with van der Waals surface area (Å²) in [7, 11) is 7.78. The molecule has 0 saturated carbocycles. The number of fused-ring (bicyclic) bond motifs is 3. The van der Waals surface area contributed by atoms with Crippen molar-refractivity contribution < 1.29 is 61.9 Å². The minimum absolute atomic E-state index is 0.0327. The van der Waals surface area contributed by atoms with Crippen molar-refractivity contribution in [3.63, 3.8) is 0 Å². The first kappa shape index (κ1) is 30.4. The van der Waals surface area contributed by atoms with Gasteiger partial charge in [0, 0.05) is 24.8 Å². The SMILES string of the molecule is COC[C@@H]1Oc2cc([C@H]3OC[C@]4(O)[C@@H](Oc5c(OC)cc6c(c5OC)OCO6)OC[C@H]34)c(OC)cc2O[C@H]1c1cccc(OC)c1. The number of methoxy groups -OCH3 is 5. The predicted octanol–water partition coefficient (Wildman–Crippen LogP) is 3.83. The van der Waals surface area contributed by atoms with Crippen LogP contribution in [0.25, 0.3) is 0 Å². The van der Waals surface area contributed by atoms with Gasteiger partial charge in [0.2, 0.25) is 30.3 Å². The lowest BCUT2D eigenvalue weighted by atomic mass is 9.85. The van der Waals surface area contributed by atoms with Crippen molar-refractivity contribution in [3.05, 3.63) is 53.6 Å². The molecule has 13 heteroatoms. The summed E-state index contributed by atoms with van der Waals surface area (Å²) in [4.78, 5) is 0. The molecule has 7 rings (SSSR count). The van der Waals surface area contributed by atoms with Crippen LogP contribution in [0.2, 0.25) is 0 Å². The van der Waals surface area contributed by atoms with Crippen molar-refractivity contribution in [2.75, 3.05) is 62.2 Å². The molecular weight excluding hydrogens is 604 g/mol. The second-order valence-electron chi connectivity index (χ2n) is 11.3. The van der Waals surface area contributed by atoms with Gasteiger partial charge in [0.25, 0.3) is 0 Å². The van der Waals surface area contributed by atoms with Crippen LogP contribution in [0.1, 0.15) is 23.3 Å². The fourth-order valence-electron chi connectivity index (χ4n) is 6.45. The normalized spacial score (nSPS) is 27.2. The average molecular weight is 641 g/mol. The minimum Gasteiger partial charge on any atom is -0.497 e. The summed E-state index contributed by atoms with van der Waals surface area (Å²) in [5.74, 6) is 3.35. The van der Waals surface area contributed by atoms with Crippen LogP contribution in [0.3, 0.4) is 0 Å². The number of ether oxygens (including phenoxy) is 12. The van der Waals surface area contributed by atoms with Gasteiger partial charge >= 0.3 is 0 Å². The Balaban J connectivity index is 1.17. The van der Waals surface area contributed by atoms with Gasteiger partial charge in [0.15, 0.2) is 40.8 Å². The van der Waals surface area contributed by atoms with E-state index in [0.717, 1.165) is 5.56 Å². The number of hydrogen-bond acceptors (Lipinski definition) is 13. The molecule has 0 bridgehead atoms. The molecule has 3 aromatic rings. The highest BCUT2D eigenvalue weighted by Crippen LogP contribution is 2.56. The molecule has 0 amide bonds. The van der Waals surface area contributed by atoms with Crippen LogP contribution >= 0.6 is 0 Å². The van der Waals surface area contributed by atoms with Crippen molar-refractivity contribution in [1.29, 1.82) is 0 Å². The highest BCUT2D eigenvalue weighted by molar-refractivity contribution is 5.66. The van der Waals surface area contributed by atoms with Gasteiger partial charge in [0.1, 0.15) is 11.5 Å². The van der Waals surface area contributed by atoms with E-state index in [2.05, 4.69) is 0 Å². The topological polar surface area (TPSA) is 131 Å². The maximum Gasteiger partial charge on any atom is 0.232 e. The summed E-state index contributed by atoms with van der Waals surface area (Å²) < 4.78 is 70.5. The van der Waals surface area contributed by atoms with E-state index in [4.69, 9.17) is 56.8 Å². The van der Waals surface area contributed by atoms with Gasteiger partial charge in [-0.1, -0.05) is 12.1 Å². The molecule has 246 valence electrons. The Morgan fingerprint density at radius 3 is 2.37 bits per heavy atom. The summed E-state index contributed by atoms with van der Waals surface area (Å²) in [6.45, 7) is 0.391. The highest BCUT2D eigenvalue weighted by Gasteiger charge is 2.61. The molecular formula is C33H36O13. The molecule has 0 spiro atoms. The molecule has 3 aromatic carbocycles. The van der Waals surface area contributed by atoms with Gasteiger partial charge in [-0.3, -0.25) is 0 Å². The van der Waals surface area contributed by atoms with Crippen LogP contribution < -0.4 is 42.6 Å². The molecule has 1 N–H and O–H groups in total. The van der Waals surface area contributed by atoms with Crippen molar-refractivity contribution in [1.82, 2.24) is 0 Å². The Labute approximate surface area is 265 Å². The fourth-order valence-corrected chi connectivity index (χ4v) is 6.45. The van der Waals surface area contributed by atoms with E-state index in [9.17, 15) is 5.11 Å². The standard InChI is InChI=1S/C33H36O13/c1-35-14-26-27(17-7-6-8-18(9-17)36-2)45-23-11-21(37-3)19(10-22(23)44-26)28-20-13-40-32(33(20,34)15-41-28)46-30-24(38-4)12-25-29(31(30)39-5)43-16-42-25/h6-12,20,26-28,32,34H,13-16H2,1-5H3/t20-,26+,27+,28-,32-,33-/m1/s1. The zero-order valence-electron chi connectivity index (χ0n) is 26.1. The van der Waals surface area contributed by atoms with Crippen LogP contribution in [0, 0.1) is 5.92 Å². The van der Waals surface area contributed by atoms with E-state index < -0.39 is 36.1 Å². The second kappa shape index (κ2) is 12.1. The van der Waals surface area contributed by atoms with Gasteiger partial charge in [0.05, 0.1) is 60.3 Å². The molecule has 4 aliphatic rings. The molecule has 46 heavy (non-hydrogen) atoms.